The Morgan fingerprint density at radius 1 is 1.14 bits per heavy atom. The highest BCUT2D eigenvalue weighted by Gasteiger charge is 2.18. The van der Waals surface area contributed by atoms with Crippen LogP contribution >= 0.6 is 0 Å². The molecule has 5 heteroatoms. The molecule has 1 aromatic heterocycles. The summed E-state index contributed by atoms with van der Waals surface area (Å²) in [5.74, 6) is -0.907. The number of phenols is 1. The van der Waals surface area contributed by atoms with Crippen LogP contribution in [0.1, 0.15) is 24.2 Å². The molecular formula is C17H14O5. The number of fused-ring (bicyclic) bond motifs is 3. The number of carbonyl (C=O) groups excluding carboxylic acids is 1. The zero-order valence-corrected chi connectivity index (χ0v) is 12.1. The Morgan fingerprint density at radius 3 is 2.59 bits per heavy atom. The van der Waals surface area contributed by atoms with Gasteiger partial charge in [-0.15, -0.1) is 0 Å². The average molecular weight is 298 g/mol. The van der Waals surface area contributed by atoms with Crippen molar-refractivity contribution < 1.29 is 19.1 Å². The van der Waals surface area contributed by atoms with Gasteiger partial charge in [0.2, 0.25) is 0 Å². The molecule has 1 heterocycles. The number of aromatic hydroxyl groups is 1. The molecule has 0 fully saturated rings. The molecule has 0 aliphatic carbocycles. The van der Waals surface area contributed by atoms with Gasteiger partial charge in [-0.2, -0.15) is 0 Å². The number of benzene rings is 2. The van der Waals surface area contributed by atoms with E-state index in [9.17, 15) is 14.7 Å². The third-order valence-corrected chi connectivity index (χ3v) is 3.30. The monoisotopic (exact) mass is 298 g/mol. The number of esters is 1. The van der Waals surface area contributed by atoms with E-state index in [1.165, 1.54) is 12.1 Å². The molecule has 0 saturated carbocycles. The molecule has 0 bridgehead atoms. The van der Waals surface area contributed by atoms with Crippen molar-refractivity contribution >= 4 is 27.7 Å². The van der Waals surface area contributed by atoms with Gasteiger partial charge in [0.15, 0.2) is 0 Å². The van der Waals surface area contributed by atoms with E-state index in [1.807, 2.05) is 0 Å². The highest BCUT2D eigenvalue weighted by atomic mass is 16.5. The fourth-order valence-corrected chi connectivity index (χ4v) is 2.35. The molecular weight excluding hydrogens is 284 g/mol. The van der Waals surface area contributed by atoms with Crippen molar-refractivity contribution in [3.05, 3.63) is 52.4 Å². The lowest BCUT2D eigenvalue weighted by molar-refractivity contribution is 0.0375. The number of hydrogen-bond acceptors (Lipinski definition) is 5. The van der Waals surface area contributed by atoms with Crippen molar-refractivity contribution in [1.82, 2.24) is 0 Å². The Morgan fingerprint density at radius 2 is 1.86 bits per heavy atom. The number of phenolic OH excluding ortho intramolecular Hbond substituents is 1. The second kappa shape index (κ2) is 5.18. The van der Waals surface area contributed by atoms with Crippen LogP contribution in [0.2, 0.25) is 0 Å². The van der Waals surface area contributed by atoms with Gasteiger partial charge in [0.1, 0.15) is 16.9 Å². The summed E-state index contributed by atoms with van der Waals surface area (Å²) in [6.45, 7) is 3.41. The van der Waals surface area contributed by atoms with Crippen LogP contribution in [0.3, 0.4) is 0 Å². The molecule has 5 nitrogen and oxygen atoms in total. The molecule has 0 spiro atoms. The van der Waals surface area contributed by atoms with E-state index in [0.29, 0.717) is 16.4 Å². The SMILES string of the molecule is CC(C)OC(=O)c1cc2c(=O)oc3ccccc3c2cc1O. The fraction of sp³-hybridized carbons (Fsp3) is 0.176. The van der Waals surface area contributed by atoms with Gasteiger partial charge >= 0.3 is 11.6 Å². The first-order valence-electron chi connectivity index (χ1n) is 6.87. The Balaban J connectivity index is 2.30. The summed E-state index contributed by atoms with van der Waals surface area (Å²) < 4.78 is 10.3. The van der Waals surface area contributed by atoms with Gasteiger partial charge in [0, 0.05) is 10.8 Å². The summed E-state index contributed by atoms with van der Waals surface area (Å²) in [5.41, 5.74) is -0.187. The largest absolute Gasteiger partial charge is 0.507 e. The van der Waals surface area contributed by atoms with E-state index in [2.05, 4.69) is 0 Å². The van der Waals surface area contributed by atoms with Crippen LogP contribution in [0.15, 0.2) is 45.6 Å². The Kier molecular flexibility index (Phi) is 3.33. The van der Waals surface area contributed by atoms with Crippen LogP contribution in [0, 0.1) is 0 Å². The molecule has 22 heavy (non-hydrogen) atoms. The molecule has 3 aromatic rings. The molecule has 0 amide bonds. The molecule has 0 saturated heterocycles. The van der Waals surface area contributed by atoms with Crippen LogP contribution < -0.4 is 5.63 Å². The maximum absolute atomic E-state index is 12.1. The first kappa shape index (κ1) is 14.1. The second-order valence-electron chi connectivity index (χ2n) is 5.25. The quantitative estimate of drug-likeness (QED) is 0.446. The lowest BCUT2D eigenvalue weighted by atomic mass is 10.0. The number of para-hydroxylation sites is 1. The van der Waals surface area contributed by atoms with Gasteiger partial charge < -0.3 is 14.3 Å². The highest BCUT2D eigenvalue weighted by molar-refractivity contribution is 6.07. The highest BCUT2D eigenvalue weighted by Crippen LogP contribution is 2.29. The van der Waals surface area contributed by atoms with Crippen LogP contribution in [-0.4, -0.2) is 17.2 Å². The van der Waals surface area contributed by atoms with Crippen molar-refractivity contribution in [3.8, 4) is 5.75 Å². The molecule has 0 radical (unpaired) electrons. The van der Waals surface area contributed by atoms with Crippen LogP contribution in [0.4, 0.5) is 0 Å². The van der Waals surface area contributed by atoms with Gasteiger partial charge in [0.05, 0.1) is 11.5 Å². The molecule has 0 atom stereocenters. The lowest BCUT2D eigenvalue weighted by Gasteiger charge is -2.10. The molecule has 112 valence electrons. The van der Waals surface area contributed by atoms with E-state index in [0.717, 1.165) is 0 Å². The zero-order chi connectivity index (χ0) is 15.9. The summed E-state index contributed by atoms with van der Waals surface area (Å²) in [6, 6.07) is 9.73. The summed E-state index contributed by atoms with van der Waals surface area (Å²) in [4.78, 5) is 24.1. The van der Waals surface area contributed by atoms with Gasteiger partial charge in [0.25, 0.3) is 0 Å². The van der Waals surface area contributed by atoms with Crippen molar-refractivity contribution in [3.63, 3.8) is 0 Å². The number of ether oxygens (including phenoxy) is 1. The van der Waals surface area contributed by atoms with Crippen molar-refractivity contribution in [2.24, 2.45) is 0 Å². The van der Waals surface area contributed by atoms with Crippen molar-refractivity contribution in [1.29, 1.82) is 0 Å². The third kappa shape index (κ3) is 2.30. The minimum absolute atomic E-state index is 0.0521. The third-order valence-electron chi connectivity index (χ3n) is 3.30. The predicted molar refractivity (Wildman–Crippen MR) is 82.2 cm³/mol. The molecule has 1 N–H and O–H groups in total. The fourth-order valence-electron chi connectivity index (χ4n) is 2.35. The minimum Gasteiger partial charge on any atom is -0.507 e. The summed E-state index contributed by atoms with van der Waals surface area (Å²) >= 11 is 0. The smallest absolute Gasteiger partial charge is 0.344 e. The van der Waals surface area contributed by atoms with Gasteiger partial charge in [-0.3, -0.25) is 0 Å². The first-order valence-corrected chi connectivity index (χ1v) is 6.87. The van der Waals surface area contributed by atoms with Gasteiger partial charge in [-0.25, -0.2) is 9.59 Å². The van der Waals surface area contributed by atoms with Gasteiger partial charge in [-0.05, 0) is 32.0 Å². The number of hydrogen-bond donors (Lipinski definition) is 1. The summed E-state index contributed by atoms with van der Waals surface area (Å²) in [5, 5.41) is 11.6. The van der Waals surface area contributed by atoms with E-state index in [1.54, 1.807) is 38.1 Å². The summed E-state index contributed by atoms with van der Waals surface area (Å²) in [7, 11) is 0. The number of carbonyl (C=O) groups is 1. The van der Waals surface area contributed by atoms with Crippen LogP contribution in [0.5, 0.6) is 5.75 Å². The average Bonchev–Trinajstić information content (AvgIpc) is 2.46. The van der Waals surface area contributed by atoms with E-state index >= 15 is 0 Å². The minimum atomic E-state index is -0.679. The maximum atomic E-state index is 12.1. The molecule has 0 aliphatic heterocycles. The molecule has 0 aliphatic rings. The van der Waals surface area contributed by atoms with Crippen LogP contribution in [0.25, 0.3) is 21.7 Å². The van der Waals surface area contributed by atoms with E-state index < -0.39 is 11.6 Å². The van der Waals surface area contributed by atoms with Crippen molar-refractivity contribution in [2.75, 3.05) is 0 Å². The molecule has 3 rings (SSSR count). The lowest BCUT2D eigenvalue weighted by Crippen LogP contribution is -2.12. The van der Waals surface area contributed by atoms with Crippen LogP contribution in [-0.2, 0) is 4.74 Å². The molecule has 2 aromatic carbocycles. The van der Waals surface area contributed by atoms with E-state index in [-0.39, 0.29) is 22.8 Å². The second-order valence-corrected chi connectivity index (χ2v) is 5.25. The zero-order valence-electron chi connectivity index (χ0n) is 12.1. The molecule has 0 unspecified atom stereocenters. The first-order chi connectivity index (χ1) is 10.5. The van der Waals surface area contributed by atoms with E-state index in [4.69, 9.17) is 9.15 Å². The Bertz CT molecular complexity index is 937. The standard InChI is InChI=1S/C17H14O5/c1-9(2)21-17(20)13-7-12-11(8-14(13)18)10-5-3-4-6-15(10)22-16(12)19/h3-9,18H,1-2H3. The summed E-state index contributed by atoms with van der Waals surface area (Å²) in [6.07, 6.45) is -0.324. The predicted octanol–water partition coefficient (Wildman–Crippen LogP) is 3.22. The normalized spacial score (nSPS) is 11.2. The Hall–Kier alpha value is -2.82. The van der Waals surface area contributed by atoms with Gasteiger partial charge in [-0.1, -0.05) is 18.2 Å². The topological polar surface area (TPSA) is 76.7 Å². The number of rotatable bonds is 2. The Labute approximate surface area is 125 Å². The maximum Gasteiger partial charge on any atom is 0.344 e. The van der Waals surface area contributed by atoms with Crippen molar-refractivity contribution in [2.45, 2.75) is 20.0 Å².